The van der Waals surface area contributed by atoms with Crippen LogP contribution in [0.15, 0.2) is 291 Å². The van der Waals surface area contributed by atoms with Gasteiger partial charge in [0.25, 0.3) is 0 Å². The van der Waals surface area contributed by atoms with E-state index in [0.717, 1.165) is 132 Å². The molecule has 8 aliphatic carbocycles. The number of esters is 2. The van der Waals surface area contributed by atoms with Gasteiger partial charge in [-0.05, 0) is 380 Å². The van der Waals surface area contributed by atoms with E-state index in [9.17, 15) is 19.5 Å². The third-order valence-electron chi connectivity index (χ3n) is 30.4. The quantitative estimate of drug-likeness (QED) is 0.0318. The number of phenols is 1. The molecule has 1 saturated heterocycles. The molecule has 14 heteroatoms. The van der Waals surface area contributed by atoms with Crippen molar-refractivity contribution < 1.29 is 78.0 Å². The van der Waals surface area contributed by atoms with Gasteiger partial charge in [-0.2, -0.15) is 0 Å². The molecule has 4 saturated carbocycles. The number of rotatable bonds is 25. The Hall–Kier alpha value is -10.7. The van der Waals surface area contributed by atoms with Gasteiger partial charge in [0.2, 0.25) is 0 Å². The Morgan fingerprint density at radius 2 is 0.690 bits per heavy atom. The predicted octanol–water partition coefficient (Wildman–Crippen LogP) is 25.1. The number of aryl methyl sites for hydroxylation is 7. The summed E-state index contributed by atoms with van der Waals surface area (Å²) in [5.74, 6) is 10.2. The molecule has 12 aromatic carbocycles. The number of ether oxygens (including phenoxy) is 7. The van der Waals surface area contributed by atoms with E-state index in [1.807, 2.05) is 13.8 Å². The molecule has 142 heavy (non-hydrogen) atoms. The first-order valence-corrected chi connectivity index (χ1v) is 52.5. The first-order valence-electron chi connectivity index (χ1n) is 52.5. The van der Waals surface area contributed by atoms with E-state index in [4.69, 9.17) is 38.3 Å². The fraction of sp³-hybridized carbons (Fsp3) is 0.414. The van der Waals surface area contributed by atoms with Crippen LogP contribution in [0.2, 0.25) is 0 Å². The first-order chi connectivity index (χ1) is 68.1. The molecule has 12 aromatic rings. The van der Waals surface area contributed by atoms with E-state index in [1.165, 1.54) is 144 Å². The molecule has 0 amide bonds. The van der Waals surface area contributed by atoms with Crippen molar-refractivity contribution in [1.82, 2.24) is 0 Å². The first kappa shape index (κ1) is 107. The largest absolute Gasteiger partial charge is 1.00 e. The summed E-state index contributed by atoms with van der Waals surface area (Å²) < 4.78 is 39.5. The zero-order chi connectivity index (χ0) is 97.4. The van der Waals surface area contributed by atoms with Gasteiger partial charge in [0.05, 0.1) is 31.5 Å². The number of aromatic hydroxyl groups is 1. The monoisotopic (exact) mass is 1920 g/mol. The Morgan fingerprint density at radius 3 is 0.993 bits per heavy atom. The second kappa shape index (κ2) is 52.2. The van der Waals surface area contributed by atoms with E-state index in [0.29, 0.717) is 109 Å². The maximum atomic E-state index is 11.7. The Balaban J connectivity index is 0.000000151. The normalized spacial score (nSPS) is 23.3. The van der Waals surface area contributed by atoms with Crippen LogP contribution < -0.4 is 37.8 Å². The van der Waals surface area contributed by atoms with Crippen LogP contribution in [0.3, 0.4) is 0 Å². The second-order valence-electron chi connectivity index (χ2n) is 42.0. The van der Waals surface area contributed by atoms with Crippen molar-refractivity contribution in [1.29, 1.82) is 0 Å². The fourth-order valence-corrected chi connectivity index (χ4v) is 23.3. The molecule has 8 atom stereocenters. The summed E-state index contributed by atoms with van der Waals surface area (Å²) in [5.41, 5.74) is 26.4. The van der Waals surface area contributed by atoms with Gasteiger partial charge in [0, 0.05) is 62.8 Å². The van der Waals surface area contributed by atoms with E-state index in [1.54, 1.807) is 12.1 Å². The molecule has 0 spiro atoms. The molecule has 1 aliphatic heterocycles. The minimum atomic E-state index is -0.203. The molecule has 0 radical (unpaired) electrons. The molecular formula is C128H152AlLiO12. The molecule has 740 valence electrons. The number of aliphatic hydroxyl groups is 1. The van der Waals surface area contributed by atoms with Crippen LogP contribution >= 0.6 is 0 Å². The maximum absolute atomic E-state index is 11.7. The third-order valence-corrected chi connectivity index (χ3v) is 30.4. The van der Waals surface area contributed by atoms with Gasteiger partial charge < -0.3 is 49.6 Å². The molecular weight excluding hydrogens is 1760 g/mol. The van der Waals surface area contributed by atoms with Gasteiger partial charge in [0.15, 0.2) is 17.4 Å². The van der Waals surface area contributed by atoms with Crippen molar-refractivity contribution in [3.63, 3.8) is 0 Å². The van der Waals surface area contributed by atoms with Crippen molar-refractivity contribution in [2.24, 2.45) is 29.6 Å². The van der Waals surface area contributed by atoms with E-state index in [2.05, 4.69) is 328 Å². The van der Waals surface area contributed by atoms with Crippen LogP contribution in [-0.2, 0) is 54.3 Å². The van der Waals surface area contributed by atoms with Gasteiger partial charge >= 0.3 is 30.8 Å². The van der Waals surface area contributed by atoms with Crippen LogP contribution in [0.5, 0.6) is 28.7 Å². The molecule has 21 rings (SSSR count). The van der Waals surface area contributed by atoms with Crippen molar-refractivity contribution in [3.05, 3.63) is 397 Å². The number of phenolic OH excluding ortho intramolecular Hbond substituents is 1. The summed E-state index contributed by atoms with van der Waals surface area (Å²) in [4.78, 5) is 33.3. The molecule has 12 nitrogen and oxygen atoms in total. The molecule has 0 bridgehead atoms. The number of fused-ring (bicyclic) bond motifs is 4. The van der Waals surface area contributed by atoms with Crippen molar-refractivity contribution in [2.75, 3.05) is 33.0 Å². The van der Waals surface area contributed by atoms with Gasteiger partial charge in [-0.25, -0.2) is 0 Å². The van der Waals surface area contributed by atoms with E-state index < -0.39 is 0 Å². The van der Waals surface area contributed by atoms with Gasteiger partial charge in [0.1, 0.15) is 40.6 Å². The van der Waals surface area contributed by atoms with Crippen LogP contribution in [0.1, 0.15) is 312 Å². The Kier molecular flexibility index (Phi) is 39.3. The average Bonchev–Trinajstić information content (AvgIpc) is 1.37. The minimum Gasteiger partial charge on any atom is -1.00 e. The van der Waals surface area contributed by atoms with Crippen LogP contribution in [-0.4, -0.2) is 103 Å². The molecule has 2 N–H and O–H groups in total. The molecule has 5 fully saturated rings. The summed E-state index contributed by atoms with van der Waals surface area (Å²) in [7, 11) is 0. The van der Waals surface area contributed by atoms with Crippen molar-refractivity contribution in [2.45, 2.75) is 275 Å². The van der Waals surface area contributed by atoms with Crippen molar-refractivity contribution in [3.8, 4) is 28.7 Å². The summed E-state index contributed by atoms with van der Waals surface area (Å²) in [6.45, 7) is 22.0. The Morgan fingerprint density at radius 1 is 0.387 bits per heavy atom. The summed E-state index contributed by atoms with van der Waals surface area (Å²) in [6, 6.07) is 105. The van der Waals surface area contributed by atoms with Gasteiger partial charge in [-0.15, -0.1) is 0 Å². The minimum absolute atomic E-state index is 0. The van der Waals surface area contributed by atoms with Crippen LogP contribution in [0.4, 0.5) is 0 Å². The smallest absolute Gasteiger partial charge is 1.00 e. The molecule has 0 aromatic heterocycles. The number of hydrogen-bond acceptors (Lipinski definition) is 12. The summed E-state index contributed by atoms with van der Waals surface area (Å²) in [5, 5.41) is 18.8. The van der Waals surface area contributed by atoms with Gasteiger partial charge in [-0.1, -0.05) is 254 Å². The van der Waals surface area contributed by atoms with Crippen LogP contribution in [0.25, 0.3) is 0 Å². The summed E-state index contributed by atoms with van der Waals surface area (Å²) in [6.07, 6.45) is 24.5. The maximum Gasteiger partial charge on any atom is 1.00 e. The second-order valence-corrected chi connectivity index (χ2v) is 42.0. The topological polar surface area (TPSA) is 156 Å². The number of aldehydes is 1. The SMILES string of the molecule is C1CCOC1.CC(C)(C)Oc1ccc2c(c1)CC[C@H](c1ccccc1)[C@@H]2c1ccc(O)cc1.CCOC(=O)CC1CC(C)C1.CCOC(=O)CC1CC(Oc2ccc([C@@H]3c4ccc(C)cc4CC[C@@H]3c3ccccc3)cc2)C1.Cc1ccc2c(c1)CC[C@H](c1ccccc1)[C@@H]2c1ccc(OC2CC(CC=O)C2)cc1.Cc1ccc2c(c1)CC[C@H](c1ccccc1)[C@@H]2c1ccc(OC2CC(CCO)C2)cc1.[AlH3].[H-].[Li+]. The Bertz CT molecular complexity index is 5900. The number of hydrogen-bond donors (Lipinski definition) is 2. The Labute approximate surface area is 870 Å². The fourth-order valence-electron chi connectivity index (χ4n) is 23.3. The zero-order valence-corrected chi connectivity index (χ0v) is 85.1. The zero-order valence-electron chi connectivity index (χ0n) is 86.1. The van der Waals surface area contributed by atoms with E-state index in [-0.39, 0.29) is 79.9 Å². The van der Waals surface area contributed by atoms with Crippen molar-refractivity contribution >= 4 is 35.6 Å². The van der Waals surface area contributed by atoms with Gasteiger partial charge in [-0.3, -0.25) is 9.59 Å². The number of carbonyl (C=O) groups excluding carboxylic acids is 3. The molecule has 1 heterocycles. The van der Waals surface area contributed by atoms with E-state index >= 15 is 0 Å². The number of benzene rings is 12. The number of carbonyl (C=O) groups is 3. The summed E-state index contributed by atoms with van der Waals surface area (Å²) >= 11 is 0. The molecule has 9 aliphatic rings. The molecule has 0 unspecified atom stereocenters. The standard InChI is InChI=1S/C31H34O3.C29H32O2.C29H30O2.C26H28O2.C9H16O2.C4H8O.Al.Li.4H/c1-3-33-30(32)20-22-18-27(19-22)34-26-13-10-24(11-14-26)31-28(23-7-5-4-6-8-23)16-12-25-17-21(2)9-15-29(25)31;2*1-20-7-13-28-24(17-20)10-14-27(22-5-3-2-4-6-22)29(28)23-8-11-25(12-9-23)31-26-18-21(19-26)15-16-30;1-26(2,3)28-22-14-16-24-20(17-22)11-15-23(18-7-5-4-6-8-18)25(24)19-9-12-21(27)13-10-19;1-3-11-9(10)6-8-4-7(2)5-8;1-2-4-5-3-1;;;;;;/h4-11,13-15,17,22,27-28,31H,3,12,16,18-20H2,1-2H3;2-9,11-13,17,21,26-27,29-30H,10,14-16,18-19H2,1H3;2-9,11-13,16-17,21,26-27,29H,10,14-15,18-19H2,1H3;4-10,12-14,16-17,23,25,27H,11,15H2,1-3H3;7-8H,3-6H2,1-2H3;1-4H2;;;;;;/q;;;;;;;+1;;;;-1/t22?,27?,28-,31+;2*21?,26?,27-,29+;23-,25+;;;;;;;;/m1111......../s1. The average molecular weight is 1920 g/mol. The van der Waals surface area contributed by atoms with Crippen LogP contribution in [0, 0.1) is 50.4 Å². The third kappa shape index (κ3) is 28.9. The number of aliphatic hydroxyl groups excluding tert-OH is 1. The predicted molar refractivity (Wildman–Crippen MR) is 574 cm³/mol.